The quantitative estimate of drug-likeness (QED) is 0.0822. The van der Waals surface area contributed by atoms with Crippen molar-refractivity contribution in [2.24, 2.45) is 0 Å². The summed E-state index contributed by atoms with van der Waals surface area (Å²) in [5.74, 6) is -2.98. The summed E-state index contributed by atoms with van der Waals surface area (Å²) in [4.78, 5) is 35.2. The normalized spacial score (nSPS) is 11.5. The van der Waals surface area contributed by atoms with Gasteiger partial charge in [0.2, 0.25) is 0 Å². The minimum Gasteiger partial charge on any atom is -0.507 e. The molecule has 0 aliphatic rings. The number of carbonyl (C=O) groups is 2. The second kappa shape index (κ2) is 17.1. The molecule has 12 nitrogen and oxygen atoms in total. The number of phenolic OH excluding ortho intramolecular Hbond substituents is 2. The number of aromatic hydroxyl groups is 2. The van der Waals surface area contributed by atoms with Gasteiger partial charge in [0.15, 0.2) is 23.1 Å². The molecule has 0 spiro atoms. The number of aliphatic hydroxyl groups excluding tert-OH is 2. The van der Waals surface area contributed by atoms with E-state index in [1.807, 2.05) is 0 Å². The maximum absolute atomic E-state index is 14.2. The summed E-state index contributed by atoms with van der Waals surface area (Å²) in [6, 6.07) is 21.7. The Balaban J connectivity index is 1.25. The van der Waals surface area contributed by atoms with Crippen molar-refractivity contribution in [3.05, 3.63) is 154 Å². The average Bonchev–Trinajstić information content (AvgIpc) is 3.22. The van der Waals surface area contributed by atoms with Gasteiger partial charge in [-0.1, -0.05) is 24.3 Å². The SMILES string of the molecule is COc1ccc(CNC(=O)c2cc(-c3cnccc3C(O)c3ccc(CO)c(-c4ccc(O)c(C(=O)NCc5ccc(OC)c(F)c5)c4)n3)ccc2O)cc1F. The molecule has 0 aliphatic heterocycles. The van der Waals surface area contributed by atoms with Gasteiger partial charge in [-0.2, -0.15) is 0 Å². The van der Waals surface area contributed by atoms with E-state index in [0.29, 0.717) is 38.9 Å². The molecular formula is C42H36F2N4O8. The van der Waals surface area contributed by atoms with Crippen molar-refractivity contribution >= 4 is 11.8 Å². The second-order valence-corrected chi connectivity index (χ2v) is 12.5. The van der Waals surface area contributed by atoms with E-state index < -0.39 is 36.2 Å². The number of benzene rings is 4. The van der Waals surface area contributed by atoms with Crippen molar-refractivity contribution in [3.63, 3.8) is 0 Å². The van der Waals surface area contributed by atoms with Crippen LogP contribution in [-0.4, -0.2) is 56.4 Å². The van der Waals surface area contributed by atoms with E-state index in [9.17, 15) is 38.8 Å². The fourth-order valence-electron chi connectivity index (χ4n) is 6.02. The molecule has 0 aliphatic carbocycles. The molecule has 2 amide bonds. The summed E-state index contributed by atoms with van der Waals surface area (Å²) >= 11 is 0. The predicted molar refractivity (Wildman–Crippen MR) is 201 cm³/mol. The Morgan fingerprint density at radius 3 is 1.82 bits per heavy atom. The first kappa shape index (κ1) is 38.8. The number of carbonyl (C=O) groups excluding carboxylic acids is 2. The van der Waals surface area contributed by atoms with Crippen LogP contribution in [0.1, 0.15) is 54.8 Å². The van der Waals surface area contributed by atoms with Gasteiger partial charge in [0, 0.05) is 42.2 Å². The molecule has 2 heterocycles. The van der Waals surface area contributed by atoms with Gasteiger partial charge in [-0.15, -0.1) is 0 Å². The number of hydrogen-bond donors (Lipinski definition) is 6. The van der Waals surface area contributed by atoms with Crippen LogP contribution in [0.4, 0.5) is 8.78 Å². The number of aromatic nitrogens is 2. The predicted octanol–water partition coefficient (Wildman–Crippen LogP) is 5.95. The Bertz CT molecular complexity index is 2430. The number of nitrogens with zero attached hydrogens (tertiary/aromatic N) is 2. The highest BCUT2D eigenvalue weighted by Crippen LogP contribution is 2.35. The van der Waals surface area contributed by atoms with E-state index in [2.05, 4.69) is 20.6 Å². The lowest BCUT2D eigenvalue weighted by Gasteiger charge is -2.18. The molecule has 1 atom stereocenters. The van der Waals surface area contributed by atoms with Gasteiger partial charge < -0.3 is 40.5 Å². The number of halogens is 2. The lowest BCUT2D eigenvalue weighted by Crippen LogP contribution is -2.23. The molecule has 1 unspecified atom stereocenters. The van der Waals surface area contributed by atoms with Crippen LogP contribution < -0.4 is 20.1 Å². The molecule has 286 valence electrons. The Labute approximate surface area is 319 Å². The van der Waals surface area contributed by atoms with Gasteiger partial charge in [0.05, 0.1) is 43.3 Å². The third-order valence-corrected chi connectivity index (χ3v) is 9.01. The van der Waals surface area contributed by atoms with Crippen molar-refractivity contribution in [2.45, 2.75) is 25.8 Å². The summed E-state index contributed by atoms with van der Waals surface area (Å²) in [5.41, 5.74) is 3.06. The van der Waals surface area contributed by atoms with E-state index in [4.69, 9.17) is 9.47 Å². The van der Waals surface area contributed by atoms with Gasteiger partial charge in [0.25, 0.3) is 11.8 Å². The van der Waals surface area contributed by atoms with Gasteiger partial charge in [-0.3, -0.25) is 14.6 Å². The van der Waals surface area contributed by atoms with Crippen LogP contribution in [0.3, 0.4) is 0 Å². The van der Waals surface area contributed by atoms with Crippen molar-refractivity contribution in [2.75, 3.05) is 14.2 Å². The first-order valence-electron chi connectivity index (χ1n) is 17.1. The number of nitrogens with one attached hydrogen (secondary N) is 2. The van der Waals surface area contributed by atoms with Gasteiger partial charge in [0.1, 0.15) is 17.6 Å². The summed E-state index contributed by atoms with van der Waals surface area (Å²) in [5, 5.41) is 48.4. The van der Waals surface area contributed by atoms with Crippen molar-refractivity contribution < 1.29 is 48.3 Å². The number of methoxy groups -OCH3 is 2. The van der Waals surface area contributed by atoms with Crippen LogP contribution in [0.15, 0.2) is 103 Å². The summed E-state index contributed by atoms with van der Waals surface area (Å²) < 4.78 is 38.2. The molecule has 14 heteroatoms. The summed E-state index contributed by atoms with van der Waals surface area (Å²) in [6.45, 7) is -0.510. The van der Waals surface area contributed by atoms with Crippen molar-refractivity contribution in [1.29, 1.82) is 0 Å². The number of hydrogen-bond acceptors (Lipinski definition) is 10. The largest absolute Gasteiger partial charge is 0.507 e. The molecule has 0 fully saturated rings. The van der Waals surface area contributed by atoms with Crippen LogP contribution >= 0.6 is 0 Å². The van der Waals surface area contributed by atoms with E-state index >= 15 is 0 Å². The lowest BCUT2D eigenvalue weighted by molar-refractivity contribution is 0.0939. The maximum Gasteiger partial charge on any atom is 0.255 e. The Morgan fingerprint density at radius 2 is 1.29 bits per heavy atom. The monoisotopic (exact) mass is 762 g/mol. The van der Waals surface area contributed by atoms with Crippen LogP contribution in [0.25, 0.3) is 22.4 Å². The van der Waals surface area contributed by atoms with Gasteiger partial charge in [-0.05, 0) is 89.0 Å². The van der Waals surface area contributed by atoms with Crippen molar-refractivity contribution in [3.8, 4) is 45.4 Å². The standard InChI is InChI=1S/C42H36F2N4O8/c1-55-37-11-3-23(15-32(37)43)19-46-41(53)29-17-25(6-9-35(29)50)31-21-45-14-13-28(31)40(52)34-8-5-27(22-49)39(48-34)26-7-10-36(51)30(18-26)42(54)47-20-24-4-12-38(56-2)33(44)16-24/h3-18,21,40,49-52H,19-20,22H2,1-2H3,(H,46,53)(H,47,54). The first-order chi connectivity index (χ1) is 27.0. The number of aliphatic hydroxyl groups is 2. The highest BCUT2D eigenvalue weighted by atomic mass is 19.1. The van der Waals surface area contributed by atoms with Crippen molar-refractivity contribution in [1.82, 2.24) is 20.6 Å². The zero-order valence-corrected chi connectivity index (χ0v) is 30.1. The minimum absolute atomic E-state index is 0.0315. The molecule has 6 aromatic rings. The number of rotatable bonds is 13. The molecule has 4 aromatic carbocycles. The number of amides is 2. The lowest BCUT2D eigenvalue weighted by atomic mass is 9.94. The fraction of sp³-hybridized carbons (Fsp3) is 0.143. The van der Waals surface area contributed by atoms with E-state index in [1.165, 1.54) is 87.3 Å². The Morgan fingerprint density at radius 1 is 0.732 bits per heavy atom. The smallest absolute Gasteiger partial charge is 0.255 e. The minimum atomic E-state index is -1.36. The Kier molecular flexibility index (Phi) is 11.8. The summed E-state index contributed by atoms with van der Waals surface area (Å²) in [6.07, 6.45) is 1.60. The fourth-order valence-corrected chi connectivity index (χ4v) is 6.02. The maximum atomic E-state index is 14.2. The molecule has 2 aromatic heterocycles. The zero-order valence-electron chi connectivity index (χ0n) is 30.1. The van der Waals surface area contributed by atoms with E-state index in [1.54, 1.807) is 30.3 Å². The van der Waals surface area contributed by atoms with E-state index in [-0.39, 0.29) is 58.6 Å². The highest BCUT2D eigenvalue weighted by Gasteiger charge is 2.22. The molecule has 0 bridgehead atoms. The van der Waals surface area contributed by atoms with Crippen LogP contribution in [0, 0.1) is 11.6 Å². The number of ether oxygens (including phenoxy) is 2. The highest BCUT2D eigenvalue weighted by molar-refractivity contribution is 5.99. The first-order valence-corrected chi connectivity index (χ1v) is 17.1. The molecular weight excluding hydrogens is 726 g/mol. The van der Waals surface area contributed by atoms with Gasteiger partial charge >= 0.3 is 0 Å². The molecule has 0 radical (unpaired) electrons. The topological polar surface area (TPSA) is 183 Å². The molecule has 56 heavy (non-hydrogen) atoms. The van der Waals surface area contributed by atoms with Crippen LogP contribution in [0.5, 0.6) is 23.0 Å². The third-order valence-electron chi connectivity index (χ3n) is 9.01. The number of phenols is 2. The average molecular weight is 763 g/mol. The zero-order chi connectivity index (χ0) is 39.9. The number of pyridine rings is 2. The summed E-state index contributed by atoms with van der Waals surface area (Å²) in [7, 11) is 2.69. The molecule has 0 saturated carbocycles. The molecule has 6 rings (SSSR count). The molecule has 6 N–H and O–H groups in total. The van der Waals surface area contributed by atoms with Crippen LogP contribution in [0.2, 0.25) is 0 Å². The Hall–Kier alpha value is -6.90. The second-order valence-electron chi connectivity index (χ2n) is 12.5. The van der Waals surface area contributed by atoms with Crippen LogP contribution in [-0.2, 0) is 19.7 Å². The molecule has 0 saturated heterocycles. The van der Waals surface area contributed by atoms with Gasteiger partial charge in [-0.25, -0.2) is 13.8 Å². The third kappa shape index (κ3) is 8.41. The van der Waals surface area contributed by atoms with E-state index in [0.717, 1.165) is 0 Å².